The number of rotatable bonds is 4. The number of nitrogens with one attached hydrogen (secondary N) is 1. The Morgan fingerprint density at radius 3 is 2.57 bits per heavy atom. The first-order chi connectivity index (χ1) is 14.5. The zero-order valence-electron chi connectivity index (χ0n) is 17.5. The number of nitrogens with zero attached hydrogens (tertiary/aromatic N) is 1. The van der Waals surface area contributed by atoms with E-state index < -0.39 is 6.04 Å². The molecule has 1 unspecified atom stereocenters. The van der Waals surface area contributed by atoms with Gasteiger partial charge in [0.1, 0.15) is 12.4 Å². The molecule has 158 valence electrons. The van der Waals surface area contributed by atoms with E-state index >= 15 is 0 Å². The Morgan fingerprint density at radius 2 is 1.83 bits per heavy atom. The molecule has 1 atom stereocenters. The summed E-state index contributed by atoms with van der Waals surface area (Å²) >= 11 is 0. The molecule has 1 aliphatic heterocycles. The van der Waals surface area contributed by atoms with Crippen LogP contribution in [0.4, 0.5) is 10.1 Å². The molecule has 2 aliphatic rings. The molecule has 30 heavy (non-hydrogen) atoms. The second-order valence-electron chi connectivity index (χ2n) is 8.66. The highest BCUT2D eigenvalue weighted by Crippen LogP contribution is 2.37. The van der Waals surface area contributed by atoms with Crippen LogP contribution in [-0.4, -0.2) is 23.3 Å². The fraction of sp³-hybridized carbons (Fsp3) is 0.440. The van der Waals surface area contributed by atoms with Gasteiger partial charge in [0.15, 0.2) is 0 Å². The third-order valence-electron chi connectivity index (χ3n) is 6.40. The standard InChI is InChI=1S/C25H29FN2O2/c1-17-7-13-22-21(15-17)25(19-9-11-20(26)12-10-19)28(16-23(29)27-22)24(30)14-8-18-5-3-2-4-6-18/h7,9-13,15,18,25H,2-6,8,14,16H2,1H3,(H,27,29). The van der Waals surface area contributed by atoms with Crippen LogP contribution in [0.15, 0.2) is 42.5 Å². The Morgan fingerprint density at radius 1 is 1.10 bits per heavy atom. The molecular weight excluding hydrogens is 379 g/mol. The van der Waals surface area contributed by atoms with E-state index in [0.29, 0.717) is 18.0 Å². The summed E-state index contributed by atoms with van der Waals surface area (Å²) in [6.45, 7) is 1.99. The maximum Gasteiger partial charge on any atom is 0.244 e. The molecule has 5 heteroatoms. The van der Waals surface area contributed by atoms with Gasteiger partial charge in [-0.25, -0.2) is 4.39 Å². The van der Waals surface area contributed by atoms with Crippen molar-refractivity contribution in [1.82, 2.24) is 4.90 Å². The first-order valence-corrected chi connectivity index (χ1v) is 11.0. The number of carbonyl (C=O) groups excluding carboxylic acids is 2. The summed E-state index contributed by atoms with van der Waals surface area (Å²) in [7, 11) is 0. The average molecular weight is 409 g/mol. The molecule has 4 rings (SSSR count). The molecule has 2 amide bonds. The van der Waals surface area contributed by atoms with Crippen LogP contribution in [0.25, 0.3) is 0 Å². The number of aryl methyl sites for hydroxylation is 1. The number of halogens is 1. The van der Waals surface area contributed by atoms with Crippen LogP contribution in [0.1, 0.15) is 67.7 Å². The van der Waals surface area contributed by atoms with Gasteiger partial charge in [0.2, 0.25) is 11.8 Å². The zero-order chi connectivity index (χ0) is 21.1. The maximum atomic E-state index is 13.6. The Kier molecular flexibility index (Phi) is 6.16. The molecule has 2 aromatic carbocycles. The van der Waals surface area contributed by atoms with Crippen molar-refractivity contribution in [1.29, 1.82) is 0 Å². The van der Waals surface area contributed by atoms with Crippen LogP contribution >= 0.6 is 0 Å². The lowest BCUT2D eigenvalue weighted by Gasteiger charge is -2.31. The van der Waals surface area contributed by atoms with Crippen molar-refractivity contribution in [2.75, 3.05) is 11.9 Å². The minimum Gasteiger partial charge on any atom is -0.324 e. The van der Waals surface area contributed by atoms with Crippen molar-refractivity contribution >= 4 is 17.5 Å². The minimum absolute atomic E-state index is 0.000723. The minimum atomic E-state index is -0.418. The molecule has 0 spiro atoms. The van der Waals surface area contributed by atoms with Gasteiger partial charge in [-0.15, -0.1) is 0 Å². The smallest absolute Gasteiger partial charge is 0.244 e. The van der Waals surface area contributed by atoms with E-state index in [1.165, 1.54) is 44.2 Å². The second kappa shape index (κ2) is 8.99. The average Bonchev–Trinajstić information content (AvgIpc) is 2.89. The summed E-state index contributed by atoms with van der Waals surface area (Å²) < 4.78 is 13.6. The van der Waals surface area contributed by atoms with E-state index in [4.69, 9.17) is 0 Å². The molecule has 1 aliphatic carbocycles. The van der Waals surface area contributed by atoms with E-state index in [2.05, 4.69) is 5.32 Å². The van der Waals surface area contributed by atoms with Gasteiger partial charge in [-0.1, -0.05) is 61.9 Å². The number of hydrogen-bond acceptors (Lipinski definition) is 2. The van der Waals surface area contributed by atoms with Crippen molar-refractivity contribution in [3.63, 3.8) is 0 Å². The van der Waals surface area contributed by atoms with Crippen molar-refractivity contribution in [3.05, 3.63) is 65.0 Å². The molecule has 0 saturated heterocycles. The van der Waals surface area contributed by atoms with Crippen LogP contribution in [0, 0.1) is 18.7 Å². The van der Waals surface area contributed by atoms with Crippen molar-refractivity contribution in [2.24, 2.45) is 5.92 Å². The van der Waals surface area contributed by atoms with Crippen LogP contribution in [0.2, 0.25) is 0 Å². The van der Waals surface area contributed by atoms with Gasteiger partial charge in [-0.3, -0.25) is 9.59 Å². The zero-order valence-corrected chi connectivity index (χ0v) is 17.5. The molecule has 1 N–H and O–H groups in total. The second-order valence-corrected chi connectivity index (χ2v) is 8.66. The summed E-state index contributed by atoms with van der Waals surface area (Å²) in [5, 5.41) is 2.94. The maximum absolute atomic E-state index is 13.6. The van der Waals surface area contributed by atoms with E-state index in [1.54, 1.807) is 17.0 Å². The summed E-state index contributed by atoms with van der Waals surface area (Å²) in [5.74, 6) is 0.0682. The lowest BCUT2D eigenvalue weighted by Crippen LogP contribution is -2.39. The highest BCUT2D eigenvalue weighted by atomic mass is 19.1. The summed E-state index contributed by atoms with van der Waals surface area (Å²) in [4.78, 5) is 27.7. The summed E-state index contributed by atoms with van der Waals surface area (Å²) in [6, 6.07) is 11.7. The van der Waals surface area contributed by atoms with E-state index in [9.17, 15) is 14.0 Å². The Hall–Kier alpha value is -2.69. The van der Waals surface area contributed by atoms with Gasteiger partial charge >= 0.3 is 0 Å². The van der Waals surface area contributed by atoms with Gasteiger partial charge in [0, 0.05) is 17.7 Å². The lowest BCUT2D eigenvalue weighted by atomic mass is 9.86. The highest BCUT2D eigenvalue weighted by molar-refractivity contribution is 5.97. The monoisotopic (exact) mass is 408 g/mol. The predicted molar refractivity (Wildman–Crippen MR) is 116 cm³/mol. The van der Waals surface area contributed by atoms with Gasteiger partial charge in [0.25, 0.3) is 0 Å². The first-order valence-electron chi connectivity index (χ1n) is 11.0. The summed E-state index contributed by atoms with van der Waals surface area (Å²) in [6.07, 6.45) is 7.48. The van der Waals surface area contributed by atoms with E-state index in [1.807, 2.05) is 25.1 Å². The van der Waals surface area contributed by atoms with Gasteiger partial charge < -0.3 is 10.2 Å². The van der Waals surface area contributed by atoms with Gasteiger partial charge in [-0.2, -0.15) is 0 Å². The first kappa shape index (κ1) is 20.6. The van der Waals surface area contributed by atoms with Crippen LogP contribution in [0.3, 0.4) is 0 Å². The number of amides is 2. The van der Waals surface area contributed by atoms with E-state index in [0.717, 1.165) is 23.1 Å². The van der Waals surface area contributed by atoms with Crippen LogP contribution < -0.4 is 5.32 Å². The SMILES string of the molecule is Cc1ccc2c(c1)C(c1ccc(F)cc1)N(C(=O)CCC1CCCCC1)CC(=O)N2. The molecule has 1 fully saturated rings. The fourth-order valence-electron chi connectivity index (χ4n) is 4.81. The Labute approximate surface area is 177 Å². The van der Waals surface area contributed by atoms with Crippen LogP contribution in [-0.2, 0) is 9.59 Å². The molecule has 4 nitrogen and oxygen atoms in total. The molecule has 0 radical (unpaired) electrons. The molecule has 1 saturated carbocycles. The number of fused-ring (bicyclic) bond motifs is 1. The normalized spacial score (nSPS) is 19.7. The highest BCUT2D eigenvalue weighted by Gasteiger charge is 2.33. The third-order valence-corrected chi connectivity index (χ3v) is 6.40. The third kappa shape index (κ3) is 4.55. The molecule has 0 bridgehead atoms. The molecule has 1 heterocycles. The van der Waals surface area contributed by atoms with Crippen LogP contribution in [0.5, 0.6) is 0 Å². The molecule has 2 aromatic rings. The van der Waals surface area contributed by atoms with Crippen molar-refractivity contribution < 1.29 is 14.0 Å². The number of benzene rings is 2. The number of hydrogen-bond donors (Lipinski definition) is 1. The van der Waals surface area contributed by atoms with Gasteiger partial charge in [-0.05, 0) is 43.0 Å². The number of carbonyl (C=O) groups is 2. The fourth-order valence-corrected chi connectivity index (χ4v) is 4.81. The largest absolute Gasteiger partial charge is 0.324 e. The predicted octanol–water partition coefficient (Wildman–Crippen LogP) is 5.36. The Bertz CT molecular complexity index is 919. The number of anilines is 1. The topological polar surface area (TPSA) is 49.4 Å². The van der Waals surface area contributed by atoms with Crippen molar-refractivity contribution in [2.45, 2.75) is 57.9 Å². The van der Waals surface area contributed by atoms with Crippen molar-refractivity contribution in [3.8, 4) is 0 Å². The van der Waals surface area contributed by atoms with E-state index in [-0.39, 0.29) is 24.2 Å². The molecule has 0 aromatic heterocycles. The quantitative estimate of drug-likeness (QED) is 0.740. The Balaban J connectivity index is 1.67. The molecular formula is C25H29FN2O2. The summed E-state index contributed by atoms with van der Waals surface area (Å²) in [5.41, 5.74) is 3.44. The van der Waals surface area contributed by atoms with Gasteiger partial charge in [0.05, 0.1) is 6.04 Å². The lowest BCUT2D eigenvalue weighted by molar-refractivity contribution is -0.136.